The summed E-state index contributed by atoms with van der Waals surface area (Å²) in [5.74, 6) is 0.456. The highest BCUT2D eigenvalue weighted by atomic mass is 32.2. The highest BCUT2D eigenvalue weighted by molar-refractivity contribution is 8.07. The number of carbonyl (C=O) groups is 1. The van der Waals surface area contributed by atoms with Crippen molar-refractivity contribution in [1.29, 1.82) is 0 Å². The van der Waals surface area contributed by atoms with Crippen molar-refractivity contribution in [3.63, 3.8) is 0 Å². The molecular weight excluding hydrogens is 430 g/mol. The van der Waals surface area contributed by atoms with Gasteiger partial charge in [-0.2, -0.15) is 0 Å². The number of ether oxygens (including phenoxy) is 1. The van der Waals surface area contributed by atoms with Crippen LogP contribution in [0.4, 0.5) is 0 Å². The summed E-state index contributed by atoms with van der Waals surface area (Å²) in [6.07, 6.45) is 9.32. The molecule has 0 N–H and O–H groups in total. The van der Waals surface area contributed by atoms with Gasteiger partial charge in [-0.15, -0.1) is 0 Å². The van der Waals surface area contributed by atoms with E-state index >= 15 is 0 Å². The van der Waals surface area contributed by atoms with Crippen LogP contribution in [0.3, 0.4) is 0 Å². The second-order valence-electron chi connectivity index (χ2n) is 8.42. The standard InChI is InChI=1S/C27H37N3O2S/c1-8-12-24(28-9-2)26(25-13-10-11-16-29-25)27(20(5)31)33-22(7)30-17-14-23(15-18-30)32-21(6)19(3)4/h8-13,16,19,21,23H,1,7,14-15,17-18H2,2-6H3/b24-12-,27-26+,28-9?. The largest absolute Gasteiger partial charge is 0.375 e. The van der Waals surface area contributed by atoms with Crippen molar-refractivity contribution in [2.24, 2.45) is 10.9 Å². The van der Waals surface area contributed by atoms with E-state index in [9.17, 15) is 4.79 Å². The molecule has 0 saturated carbocycles. The van der Waals surface area contributed by atoms with E-state index < -0.39 is 0 Å². The third-order valence-electron chi connectivity index (χ3n) is 5.63. The number of piperidine rings is 1. The molecule has 1 aliphatic rings. The van der Waals surface area contributed by atoms with Crippen molar-refractivity contribution in [1.82, 2.24) is 9.88 Å². The Labute approximate surface area is 203 Å². The summed E-state index contributed by atoms with van der Waals surface area (Å²) in [6, 6.07) is 5.65. The molecule has 33 heavy (non-hydrogen) atoms. The lowest BCUT2D eigenvalue weighted by Gasteiger charge is -2.36. The second-order valence-corrected chi connectivity index (χ2v) is 9.50. The summed E-state index contributed by atoms with van der Waals surface area (Å²) in [7, 11) is 0. The normalized spacial score (nSPS) is 17.3. The van der Waals surface area contributed by atoms with Gasteiger partial charge in [-0.25, -0.2) is 0 Å². The molecule has 0 aliphatic carbocycles. The van der Waals surface area contributed by atoms with E-state index in [0.29, 0.717) is 27.8 Å². The molecule has 1 atom stereocenters. The smallest absolute Gasteiger partial charge is 0.167 e. The van der Waals surface area contributed by atoms with Gasteiger partial charge < -0.3 is 9.64 Å². The minimum Gasteiger partial charge on any atom is -0.375 e. The minimum atomic E-state index is -0.0490. The number of hydrogen-bond donors (Lipinski definition) is 0. The molecule has 0 aromatic carbocycles. The molecule has 1 fully saturated rings. The van der Waals surface area contributed by atoms with Crippen LogP contribution in [0.1, 0.15) is 53.2 Å². The van der Waals surface area contributed by atoms with Gasteiger partial charge in [0.15, 0.2) is 5.78 Å². The molecule has 2 heterocycles. The van der Waals surface area contributed by atoms with Gasteiger partial charge in [-0.1, -0.05) is 50.9 Å². The Bertz CT molecular complexity index is 911. The number of aliphatic imine (C=N–C) groups is 1. The highest BCUT2D eigenvalue weighted by Gasteiger charge is 2.26. The first-order chi connectivity index (χ1) is 15.8. The van der Waals surface area contributed by atoms with Crippen LogP contribution in [-0.2, 0) is 9.53 Å². The van der Waals surface area contributed by atoms with E-state index in [1.54, 1.807) is 31.5 Å². The molecule has 0 amide bonds. The molecule has 1 unspecified atom stereocenters. The summed E-state index contributed by atoms with van der Waals surface area (Å²) >= 11 is 1.39. The lowest BCUT2D eigenvalue weighted by molar-refractivity contribution is -0.112. The first-order valence-corrected chi connectivity index (χ1v) is 12.4. The van der Waals surface area contributed by atoms with Crippen LogP contribution in [-0.4, -0.2) is 47.2 Å². The molecular formula is C27H37N3O2S. The van der Waals surface area contributed by atoms with Crippen molar-refractivity contribution in [2.75, 3.05) is 13.1 Å². The quantitative estimate of drug-likeness (QED) is 0.218. The Kier molecular flexibility index (Phi) is 10.8. The maximum atomic E-state index is 12.8. The molecule has 1 saturated heterocycles. The zero-order valence-corrected chi connectivity index (χ0v) is 21.4. The summed E-state index contributed by atoms with van der Waals surface area (Å²) in [4.78, 5) is 24.7. The Morgan fingerprint density at radius 3 is 2.52 bits per heavy atom. The number of aromatic nitrogens is 1. The third kappa shape index (κ3) is 7.83. The van der Waals surface area contributed by atoms with Gasteiger partial charge >= 0.3 is 0 Å². The third-order valence-corrected chi connectivity index (χ3v) is 6.82. The monoisotopic (exact) mass is 467 g/mol. The number of nitrogens with zero attached hydrogens (tertiary/aromatic N) is 3. The van der Waals surface area contributed by atoms with Crippen molar-refractivity contribution in [3.05, 3.63) is 71.0 Å². The Morgan fingerprint density at radius 1 is 1.30 bits per heavy atom. The molecule has 6 heteroatoms. The summed E-state index contributed by atoms with van der Waals surface area (Å²) < 4.78 is 6.21. The van der Waals surface area contributed by atoms with Crippen molar-refractivity contribution >= 4 is 29.3 Å². The topological polar surface area (TPSA) is 54.8 Å². The number of rotatable bonds is 11. The number of thioether (sulfide) groups is 1. The molecule has 1 aromatic heterocycles. The molecule has 2 rings (SSSR count). The predicted molar refractivity (Wildman–Crippen MR) is 141 cm³/mol. The van der Waals surface area contributed by atoms with E-state index in [-0.39, 0.29) is 18.0 Å². The van der Waals surface area contributed by atoms with Crippen molar-refractivity contribution in [3.8, 4) is 0 Å². The van der Waals surface area contributed by atoms with Crippen molar-refractivity contribution < 1.29 is 9.53 Å². The minimum absolute atomic E-state index is 0.0490. The zero-order valence-electron chi connectivity index (χ0n) is 20.6. The number of hydrogen-bond acceptors (Lipinski definition) is 6. The highest BCUT2D eigenvalue weighted by Crippen LogP contribution is 2.38. The average molecular weight is 468 g/mol. The first-order valence-electron chi connectivity index (χ1n) is 11.5. The Hall–Kier alpha value is -2.44. The van der Waals surface area contributed by atoms with Crippen LogP contribution in [0, 0.1) is 5.92 Å². The fourth-order valence-corrected chi connectivity index (χ4v) is 4.50. The molecule has 0 radical (unpaired) electrons. The molecule has 1 aromatic rings. The van der Waals surface area contributed by atoms with E-state index in [4.69, 9.17) is 4.74 Å². The first kappa shape index (κ1) is 26.8. The number of Topliss-reactive ketones (excluding diaryl/α,β-unsaturated/α-hetero) is 1. The Balaban J connectivity index is 2.29. The van der Waals surface area contributed by atoms with Crippen LogP contribution < -0.4 is 0 Å². The van der Waals surface area contributed by atoms with Crippen LogP contribution in [0.5, 0.6) is 0 Å². The summed E-state index contributed by atoms with van der Waals surface area (Å²) in [5.41, 5.74) is 2.03. The maximum absolute atomic E-state index is 12.8. The van der Waals surface area contributed by atoms with Crippen molar-refractivity contribution in [2.45, 2.75) is 59.7 Å². The van der Waals surface area contributed by atoms with Gasteiger partial charge in [-0.05, 0) is 57.7 Å². The van der Waals surface area contributed by atoms with Crippen LogP contribution in [0.15, 0.2) is 70.3 Å². The SMILES string of the molecule is C=C/C=C(N=CC)/C(=C(\SC(=C)N1CCC(OC(C)C(C)C)CC1)C(C)=O)c1ccccn1. The van der Waals surface area contributed by atoms with Crippen LogP contribution in [0.2, 0.25) is 0 Å². The lowest BCUT2D eigenvalue weighted by atomic mass is 10.1. The molecule has 0 bridgehead atoms. The fraction of sp³-hybridized carbons (Fsp3) is 0.444. The van der Waals surface area contributed by atoms with Gasteiger partial charge in [0.05, 0.1) is 33.5 Å². The zero-order chi connectivity index (χ0) is 24.4. The van der Waals surface area contributed by atoms with Crippen LogP contribution >= 0.6 is 11.8 Å². The molecule has 0 spiro atoms. The summed E-state index contributed by atoms with van der Waals surface area (Å²) in [5, 5.41) is 0.849. The maximum Gasteiger partial charge on any atom is 0.167 e. The lowest BCUT2D eigenvalue weighted by Crippen LogP contribution is -2.37. The fourth-order valence-electron chi connectivity index (χ4n) is 3.50. The summed E-state index contributed by atoms with van der Waals surface area (Å²) in [6.45, 7) is 19.8. The number of likely N-dealkylation sites (tertiary alicyclic amines) is 1. The van der Waals surface area contributed by atoms with Gasteiger partial charge in [0.1, 0.15) is 0 Å². The predicted octanol–water partition coefficient (Wildman–Crippen LogP) is 6.27. The van der Waals surface area contributed by atoms with E-state index in [2.05, 4.69) is 48.8 Å². The average Bonchev–Trinajstić information content (AvgIpc) is 2.79. The molecule has 1 aliphatic heterocycles. The molecule has 178 valence electrons. The molecule has 5 nitrogen and oxygen atoms in total. The van der Waals surface area contributed by atoms with Gasteiger partial charge in [0.25, 0.3) is 0 Å². The second kappa shape index (κ2) is 13.3. The van der Waals surface area contributed by atoms with E-state index in [1.807, 2.05) is 25.1 Å². The Morgan fingerprint density at radius 2 is 2.00 bits per heavy atom. The van der Waals surface area contributed by atoms with Gasteiger partial charge in [0.2, 0.25) is 0 Å². The number of pyridine rings is 1. The number of ketones is 1. The number of allylic oxidation sites excluding steroid dienone is 4. The number of carbonyl (C=O) groups excluding carboxylic acids is 1. The van der Waals surface area contributed by atoms with Crippen LogP contribution in [0.25, 0.3) is 5.57 Å². The van der Waals surface area contributed by atoms with E-state index in [1.165, 1.54) is 11.8 Å². The van der Waals surface area contributed by atoms with Gasteiger partial charge in [0, 0.05) is 31.1 Å². The van der Waals surface area contributed by atoms with E-state index in [0.717, 1.165) is 31.0 Å². The van der Waals surface area contributed by atoms with Gasteiger partial charge in [-0.3, -0.25) is 14.8 Å².